The van der Waals surface area contributed by atoms with Crippen LogP contribution in [0.2, 0.25) is 0 Å². The molecule has 0 bridgehead atoms. The van der Waals surface area contributed by atoms with Crippen LogP contribution in [0, 0.1) is 0 Å². The van der Waals surface area contributed by atoms with E-state index in [1.54, 1.807) is 19.2 Å². The Morgan fingerprint density at radius 1 is 1.29 bits per heavy atom. The molecule has 0 unspecified atom stereocenters. The van der Waals surface area contributed by atoms with Gasteiger partial charge in [-0.05, 0) is 25.0 Å². The molecule has 3 nitrogen and oxygen atoms in total. The second-order valence-electron chi connectivity index (χ2n) is 3.55. The smallest absolute Gasteiger partial charge is 0.145 e. The van der Waals surface area contributed by atoms with E-state index in [9.17, 15) is 5.11 Å². The first-order valence-electron chi connectivity index (χ1n) is 4.93. The number of nitrogens with zero attached hydrogens (tertiary/aromatic N) is 1. The second-order valence-corrected chi connectivity index (χ2v) is 3.55. The third-order valence-corrected chi connectivity index (χ3v) is 2.61. The number of methoxy groups -OCH3 is 1. The van der Waals surface area contributed by atoms with E-state index in [4.69, 9.17) is 4.74 Å². The highest BCUT2D eigenvalue weighted by atomic mass is 16.5. The maximum atomic E-state index is 9.31. The fraction of sp³-hybridized carbons (Fsp3) is 0.455. The minimum Gasteiger partial charge on any atom is -0.508 e. The molecule has 2 rings (SSSR count). The van der Waals surface area contributed by atoms with Crippen molar-refractivity contribution in [1.29, 1.82) is 0 Å². The summed E-state index contributed by atoms with van der Waals surface area (Å²) in [5.74, 6) is 1.01. The zero-order valence-electron chi connectivity index (χ0n) is 8.36. The van der Waals surface area contributed by atoms with Gasteiger partial charge in [0.25, 0.3) is 0 Å². The van der Waals surface area contributed by atoms with Gasteiger partial charge in [-0.1, -0.05) is 0 Å². The molecule has 3 heteroatoms. The minimum atomic E-state index is 0.254. The molecule has 1 heterocycles. The van der Waals surface area contributed by atoms with E-state index < -0.39 is 0 Å². The van der Waals surface area contributed by atoms with Crippen LogP contribution in [0.3, 0.4) is 0 Å². The summed E-state index contributed by atoms with van der Waals surface area (Å²) >= 11 is 0. The zero-order chi connectivity index (χ0) is 9.97. The SMILES string of the molecule is COc1cc(O)ccc1N1CCCC1. The van der Waals surface area contributed by atoms with Crippen LogP contribution in [0.25, 0.3) is 0 Å². The number of phenols is 1. The molecule has 1 aliphatic heterocycles. The van der Waals surface area contributed by atoms with Crippen LogP contribution in [0.1, 0.15) is 12.8 Å². The summed E-state index contributed by atoms with van der Waals surface area (Å²) in [6, 6.07) is 5.28. The molecule has 1 aliphatic rings. The largest absolute Gasteiger partial charge is 0.508 e. The van der Waals surface area contributed by atoms with E-state index >= 15 is 0 Å². The van der Waals surface area contributed by atoms with E-state index in [0.29, 0.717) is 0 Å². The molecule has 0 radical (unpaired) electrons. The number of rotatable bonds is 2. The van der Waals surface area contributed by atoms with Crippen molar-refractivity contribution in [2.75, 3.05) is 25.1 Å². The summed E-state index contributed by atoms with van der Waals surface area (Å²) in [6.07, 6.45) is 2.48. The number of ether oxygens (including phenoxy) is 1. The van der Waals surface area contributed by atoms with Gasteiger partial charge in [0.2, 0.25) is 0 Å². The summed E-state index contributed by atoms with van der Waals surface area (Å²) in [5.41, 5.74) is 1.09. The Balaban J connectivity index is 2.31. The lowest BCUT2D eigenvalue weighted by molar-refractivity contribution is 0.408. The van der Waals surface area contributed by atoms with Gasteiger partial charge in [0, 0.05) is 19.2 Å². The van der Waals surface area contributed by atoms with Crippen molar-refractivity contribution >= 4 is 5.69 Å². The number of anilines is 1. The average Bonchev–Trinajstić information content (AvgIpc) is 2.70. The van der Waals surface area contributed by atoms with Crippen molar-refractivity contribution in [3.05, 3.63) is 18.2 Å². The summed E-state index contributed by atoms with van der Waals surface area (Å²) in [5, 5.41) is 9.31. The van der Waals surface area contributed by atoms with Crippen LogP contribution < -0.4 is 9.64 Å². The number of phenolic OH excluding ortho intramolecular Hbond substituents is 1. The molecule has 0 spiro atoms. The molecule has 0 atom stereocenters. The van der Waals surface area contributed by atoms with E-state index in [1.165, 1.54) is 12.8 Å². The number of hydrogen-bond acceptors (Lipinski definition) is 3. The van der Waals surface area contributed by atoms with Gasteiger partial charge >= 0.3 is 0 Å². The van der Waals surface area contributed by atoms with Gasteiger partial charge in [-0.15, -0.1) is 0 Å². The lowest BCUT2D eigenvalue weighted by atomic mass is 10.2. The van der Waals surface area contributed by atoms with Gasteiger partial charge in [-0.2, -0.15) is 0 Å². The van der Waals surface area contributed by atoms with Crippen molar-refractivity contribution in [2.24, 2.45) is 0 Å². The summed E-state index contributed by atoms with van der Waals surface area (Å²) in [4.78, 5) is 2.29. The molecular formula is C11H15NO2. The Bertz CT molecular complexity index is 319. The van der Waals surface area contributed by atoms with Crippen LogP contribution in [-0.2, 0) is 0 Å². The highest BCUT2D eigenvalue weighted by molar-refractivity contribution is 5.61. The lowest BCUT2D eigenvalue weighted by Crippen LogP contribution is -2.18. The van der Waals surface area contributed by atoms with Crippen molar-refractivity contribution in [1.82, 2.24) is 0 Å². The van der Waals surface area contributed by atoms with Gasteiger partial charge in [0.05, 0.1) is 12.8 Å². The Labute approximate surface area is 83.9 Å². The molecule has 76 valence electrons. The number of hydrogen-bond donors (Lipinski definition) is 1. The average molecular weight is 193 g/mol. The predicted octanol–water partition coefficient (Wildman–Crippen LogP) is 2.00. The van der Waals surface area contributed by atoms with Crippen molar-refractivity contribution in [2.45, 2.75) is 12.8 Å². The lowest BCUT2D eigenvalue weighted by Gasteiger charge is -2.20. The van der Waals surface area contributed by atoms with Gasteiger partial charge < -0.3 is 14.7 Å². The van der Waals surface area contributed by atoms with E-state index in [2.05, 4.69) is 4.90 Å². The number of benzene rings is 1. The third kappa shape index (κ3) is 1.62. The van der Waals surface area contributed by atoms with E-state index in [-0.39, 0.29) is 5.75 Å². The van der Waals surface area contributed by atoms with Crippen LogP contribution in [-0.4, -0.2) is 25.3 Å². The van der Waals surface area contributed by atoms with E-state index in [0.717, 1.165) is 24.5 Å². The fourth-order valence-electron chi connectivity index (χ4n) is 1.89. The highest BCUT2D eigenvalue weighted by Gasteiger charge is 2.16. The number of aromatic hydroxyl groups is 1. The first-order valence-corrected chi connectivity index (χ1v) is 4.93. The van der Waals surface area contributed by atoms with Crippen LogP contribution >= 0.6 is 0 Å². The molecule has 14 heavy (non-hydrogen) atoms. The van der Waals surface area contributed by atoms with Crippen LogP contribution in [0.15, 0.2) is 18.2 Å². The highest BCUT2D eigenvalue weighted by Crippen LogP contribution is 2.33. The minimum absolute atomic E-state index is 0.254. The molecule has 1 saturated heterocycles. The maximum absolute atomic E-state index is 9.31. The van der Waals surface area contributed by atoms with Gasteiger partial charge in [0.15, 0.2) is 0 Å². The first-order chi connectivity index (χ1) is 6.81. The first kappa shape index (κ1) is 9.19. The molecular weight excluding hydrogens is 178 g/mol. The Hall–Kier alpha value is -1.38. The fourth-order valence-corrected chi connectivity index (χ4v) is 1.89. The topological polar surface area (TPSA) is 32.7 Å². The molecule has 1 aromatic rings. The second kappa shape index (κ2) is 3.78. The molecule has 1 N–H and O–H groups in total. The predicted molar refractivity (Wildman–Crippen MR) is 56.1 cm³/mol. The van der Waals surface area contributed by atoms with Gasteiger partial charge in [-0.25, -0.2) is 0 Å². The zero-order valence-corrected chi connectivity index (χ0v) is 8.36. The Morgan fingerprint density at radius 3 is 2.64 bits per heavy atom. The Morgan fingerprint density at radius 2 is 2.00 bits per heavy atom. The maximum Gasteiger partial charge on any atom is 0.145 e. The summed E-state index contributed by atoms with van der Waals surface area (Å²) < 4.78 is 5.24. The van der Waals surface area contributed by atoms with Crippen molar-refractivity contribution in [3.63, 3.8) is 0 Å². The quantitative estimate of drug-likeness (QED) is 0.779. The monoisotopic (exact) mass is 193 g/mol. The van der Waals surface area contributed by atoms with Crippen molar-refractivity contribution < 1.29 is 9.84 Å². The molecule has 0 aromatic heterocycles. The molecule has 0 aliphatic carbocycles. The molecule has 1 aromatic carbocycles. The molecule has 0 amide bonds. The summed E-state index contributed by atoms with van der Waals surface area (Å²) in [6.45, 7) is 2.17. The van der Waals surface area contributed by atoms with Gasteiger partial charge in [-0.3, -0.25) is 0 Å². The third-order valence-electron chi connectivity index (χ3n) is 2.61. The standard InChI is InChI=1S/C11H15NO2/c1-14-11-8-9(13)4-5-10(11)12-6-2-3-7-12/h4-5,8,13H,2-3,6-7H2,1H3. The molecule has 1 fully saturated rings. The molecule has 0 saturated carbocycles. The summed E-state index contributed by atoms with van der Waals surface area (Å²) in [7, 11) is 1.63. The van der Waals surface area contributed by atoms with Crippen LogP contribution in [0.4, 0.5) is 5.69 Å². The van der Waals surface area contributed by atoms with Crippen molar-refractivity contribution in [3.8, 4) is 11.5 Å². The normalized spacial score (nSPS) is 15.9. The Kier molecular flexibility index (Phi) is 2.48. The van der Waals surface area contributed by atoms with E-state index in [1.807, 2.05) is 6.07 Å². The van der Waals surface area contributed by atoms with Gasteiger partial charge in [0.1, 0.15) is 11.5 Å². The van der Waals surface area contributed by atoms with Crippen LogP contribution in [0.5, 0.6) is 11.5 Å².